The van der Waals surface area contributed by atoms with Crippen molar-refractivity contribution in [3.8, 4) is 11.5 Å². The molecule has 0 aliphatic carbocycles. The number of hydrogen-bond acceptors (Lipinski definition) is 4. The van der Waals surface area contributed by atoms with Gasteiger partial charge in [0, 0.05) is 19.2 Å². The van der Waals surface area contributed by atoms with Crippen molar-refractivity contribution in [2.75, 3.05) is 31.2 Å². The minimum absolute atomic E-state index is 0.428. The van der Waals surface area contributed by atoms with Crippen LogP contribution in [0.4, 0.5) is 36.6 Å². The summed E-state index contributed by atoms with van der Waals surface area (Å²) in [6, 6.07) is 3.72. The molecule has 0 aromatic heterocycles. The normalized spacial score (nSPS) is 16.3. The van der Waals surface area contributed by atoms with Crippen LogP contribution < -0.4 is 14.4 Å². The second-order valence-electron chi connectivity index (χ2n) is 6.24. The predicted molar refractivity (Wildman–Crippen MR) is 97.8 cm³/mol. The van der Waals surface area contributed by atoms with Gasteiger partial charge in [-0.1, -0.05) is 13.8 Å². The molecule has 0 atom stereocenters. The van der Waals surface area contributed by atoms with Gasteiger partial charge in [0.1, 0.15) is 0 Å². The van der Waals surface area contributed by atoms with Crippen molar-refractivity contribution in [3.05, 3.63) is 17.1 Å². The zero-order chi connectivity index (χ0) is 21.5. The number of benzene rings is 1. The van der Waals surface area contributed by atoms with Crippen LogP contribution in [0.5, 0.6) is 11.5 Å². The maximum absolute atomic E-state index is 10.7. The van der Waals surface area contributed by atoms with Crippen LogP contribution in [0.2, 0.25) is 0 Å². The summed E-state index contributed by atoms with van der Waals surface area (Å²) in [5, 5.41) is 9.20. The first-order chi connectivity index (χ1) is 12.7. The second kappa shape index (κ2) is 8.60. The van der Waals surface area contributed by atoms with E-state index in [2.05, 4.69) is 23.7 Å². The molecule has 1 aromatic rings. The first-order valence-electron chi connectivity index (χ1n) is 8.85. The zero-order valence-corrected chi connectivity index (χ0v) is 16.6. The van der Waals surface area contributed by atoms with Crippen LogP contribution in [-0.4, -0.2) is 26.3 Å². The molecule has 0 saturated carbocycles. The van der Waals surface area contributed by atoms with E-state index in [-0.39, 0.29) is 0 Å². The monoisotopic (exact) mass is 435 g/mol. The van der Waals surface area contributed by atoms with Crippen LogP contribution in [0.15, 0.2) is 12.1 Å². The van der Waals surface area contributed by atoms with E-state index in [1.54, 1.807) is 6.07 Å². The van der Waals surface area contributed by atoms with Gasteiger partial charge in [-0.2, -0.15) is 0 Å². The molecule has 0 radical (unpaired) electrons. The quantitative estimate of drug-likeness (QED) is 0.250. The number of rotatable bonds is 7. The molecule has 28 heavy (non-hydrogen) atoms. The number of diazo groups is 1. The van der Waals surface area contributed by atoms with E-state index in [0.29, 0.717) is 24.7 Å². The van der Waals surface area contributed by atoms with Crippen LogP contribution in [-0.2, 0) is 0 Å². The van der Waals surface area contributed by atoms with Gasteiger partial charge in [-0.05, 0) is 25.7 Å². The molecule has 0 bridgehead atoms. The van der Waals surface area contributed by atoms with Gasteiger partial charge >= 0.3 is 38.7 Å². The summed E-state index contributed by atoms with van der Waals surface area (Å²) in [6.07, 6.45) is 4.26. The average Bonchev–Trinajstić information content (AvgIpc) is 3.09. The summed E-state index contributed by atoms with van der Waals surface area (Å²) in [6.45, 7) is 7.45. The van der Waals surface area contributed by atoms with E-state index in [1.807, 2.05) is 6.07 Å². The van der Waals surface area contributed by atoms with Crippen molar-refractivity contribution in [2.24, 2.45) is 0 Å². The van der Waals surface area contributed by atoms with Gasteiger partial charge in [-0.25, -0.2) is 0 Å². The SMILES string of the molecule is CCCOc1cc(N2CCCC2)c(OCCC)cc1[N+]#N.F[P-](F)(F)(F)(F)F. The molecule has 0 amide bonds. The summed E-state index contributed by atoms with van der Waals surface area (Å²) < 4.78 is 70.7. The Morgan fingerprint density at radius 2 is 1.39 bits per heavy atom. The number of hydrogen-bond donors (Lipinski definition) is 0. The van der Waals surface area contributed by atoms with Gasteiger partial charge in [0.25, 0.3) is 0 Å². The molecule has 1 fully saturated rings. The molecule has 1 aliphatic heterocycles. The van der Waals surface area contributed by atoms with E-state index in [0.717, 1.165) is 37.4 Å². The number of anilines is 1. The summed E-state index contributed by atoms with van der Waals surface area (Å²) in [4.78, 5) is 5.65. The third kappa shape index (κ3) is 10.4. The van der Waals surface area contributed by atoms with Crippen molar-refractivity contribution < 1.29 is 34.7 Å². The summed E-state index contributed by atoms with van der Waals surface area (Å²) in [5.74, 6) is 1.39. The number of nitrogens with zero attached hydrogens (tertiary/aromatic N) is 3. The zero-order valence-electron chi connectivity index (χ0n) is 15.7. The van der Waals surface area contributed by atoms with Gasteiger partial charge in [0.2, 0.25) is 11.1 Å². The molecule has 2 rings (SSSR count). The second-order valence-corrected chi connectivity index (χ2v) is 8.15. The summed E-state index contributed by atoms with van der Waals surface area (Å²) >= 11 is 0. The minimum atomic E-state index is -10.7. The predicted octanol–water partition coefficient (Wildman–Crippen LogP) is 7.73. The standard InChI is InChI=1S/C16H24N3O2.F6P/c1-3-9-20-15-12-14(19-7-5-6-8-19)16(21-10-4-2)11-13(15)18-17;1-7(2,3,4,5)6/h11-12H,3-10H2,1-2H3;/q+1;-1. The van der Waals surface area contributed by atoms with Crippen molar-refractivity contribution in [2.45, 2.75) is 39.5 Å². The Morgan fingerprint density at radius 1 is 0.929 bits per heavy atom. The first-order valence-corrected chi connectivity index (χ1v) is 10.9. The van der Waals surface area contributed by atoms with Crippen LogP contribution in [0.3, 0.4) is 0 Å². The average molecular weight is 435 g/mol. The first kappa shape index (κ1) is 24.1. The summed E-state index contributed by atoms with van der Waals surface area (Å²) in [5.41, 5.74) is 1.47. The van der Waals surface area contributed by atoms with Crippen molar-refractivity contribution in [3.63, 3.8) is 0 Å². The van der Waals surface area contributed by atoms with Crippen LogP contribution in [0, 0.1) is 5.39 Å². The van der Waals surface area contributed by atoms with Crippen LogP contribution in [0.1, 0.15) is 39.5 Å². The topological polar surface area (TPSA) is 49.9 Å². The number of ether oxygens (including phenoxy) is 2. The van der Waals surface area contributed by atoms with Crippen LogP contribution in [0.25, 0.3) is 4.98 Å². The fraction of sp³-hybridized carbons (Fsp3) is 0.625. The molecule has 5 nitrogen and oxygen atoms in total. The molecule has 12 heteroatoms. The molecule has 1 aromatic carbocycles. The molecule has 1 aliphatic rings. The Kier molecular flexibility index (Phi) is 7.40. The molecular formula is C16H24F6N3O2P. The van der Waals surface area contributed by atoms with E-state index < -0.39 is 7.81 Å². The van der Waals surface area contributed by atoms with Crippen LogP contribution >= 0.6 is 7.81 Å². The molecule has 1 heterocycles. The molecule has 162 valence electrons. The Labute approximate surface area is 159 Å². The fourth-order valence-corrected chi connectivity index (χ4v) is 2.48. The fourth-order valence-electron chi connectivity index (χ4n) is 2.48. The number of halogens is 6. The van der Waals surface area contributed by atoms with Crippen molar-refractivity contribution >= 4 is 19.2 Å². The Morgan fingerprint density at radius 3 is 1.82 bits per heavy atom. The third-order valence-corrected chi connectivity index (χ3v) is 3.52. The van der Waals surface area contributed by atoms with E-state index in [9.17, 15) is 30.6 Å². The molecule has 0 unspecified atom stereocenters. The molecule has 0 N–H and O–H groups in total. The van der Waals surface area contributed by atoms with Gasteiger partial charge in [0.15, 0.2) is 10.7 Å². The summed E-state index contributed by atoms with van der Waals surface area (Å²) in [7, 11) is -10.7. The molecular weight excluding hydrogens is 411 g/mol. The third-order valence-electron chi connectivity index (χ3n) is 3.52. The van der Waals surface area contributed by atoms with Gasteiger partial charge in [-0.15, -0.1) is 0 Å². The Bertz CT molecular complexity index is 689. The molecule has 1 saturated heterocycles. The van der Waals surface area contributed by atoms with Gasteiger partial charge < -0.3 is 14.4 Å². The van der Waals surface area contributed by atoms with E-state index in [1.165, 1.54) is 12.8 Å². The van der Waals surface area contributed by atoms with Crippen molar-refractivity contribution in [1.82, 2.24) is 0 Å². The van der Waals surface area contributed by atoms with Gasteiger partial charge in [-0.3, -0.25) is 0 Å². The van der Waals surface area contributed by atoms with E-state index >= 15 is 0 Å². The Balaban J connectivity index is 0.000000480. The maximum atomic E-state index is 9.87. The van der Waals surface area contributed by atoms with E-state index in [4.69, 9.17) is 9.47 Å². The molecule has 0 spiro atoms. The van der Waals surface area contributed by atoms with Crippen molar-refractivity contribution in [1.29, 1.82) is 5.39 Å². The Hall–Kier alpha value is -1.95. The van der Waals surface area contributed by atoms with Gasteiger partial charge in [0.05, 0.1) is 25.0 Å².